The highest BCUT2D eigenvalue weighted by molar-refractivity contribution is 7.99. The number of aryl methyl sites for hydroxylation is 1. The molecule has 3 rings (SSSR count). The number of anilines is 1. The third kappa shape index (κ3) is 2.29. The number of thioether (sulfide) groups is 1. The molecule has 2 aliphatic heterocycles. The topological polar surface area (TPSA) is 40.6 Å². The number of hydrogen-bond acceptors (Lipinski definition) is 3. The molecule has 2 fully saturated rings. The lowest BCUT2D eigenvalue weighted by Gasteiger charge is -2.42. The fourth-order valence-corrected chi connectivity index (χ4v) is 3.82. The van der Waals surface area contributed by atoms with Gasteiger partial charge < -0.3 is 4.90 Å². The van der Waals surface area contributed by atoms with Gasteiger partial charge in [-0.2, -0.15) is 11.8 Å². The molecule has 0 aliphatic carbocycles. The minimum Gasteiger partial charge on any atom is -0.319 e. The van der Waals surface area contributed by atoms with Gasteiger partial charge in [0.1, 0.15) is 0 Å². The number of rotatable bonds is 1. The molecule has 0 aromatic heterocycles. The summed E-state index contributed by atoms with van der Waals surface area (Å²) in [6, 6.07) is 5.12. The number of urea groups is 1. The number of carbonyl (C=O) groups is 2. The van der Waals surface area contributed by atoms with Gasteiger partial charge in [-0.3, -0.25) is 4.79 Å². The zero-order valence-corrected chi connectivity index (χ0v) is 12.7. The summed E-state index contributed by atoms with van der Waals surface area (Å²) in [6.07, 6.45) is 0.393. The van der Waals surface area contributed by atoms with Crippen LogP contribution in [0.3, 0.4) is 0 Å². The van der Waals surface area contributed by atoms with E-state index in [9.17, 15) is 9.59 Å². The van der Waals surface area contributed by atoms with E-state index in [0.29, 0.717) is 23.7 Å². The smallest absolute Gasteiger partial charge is 0.319 e. The van der Waals surface area contributed by atoms with Crippen LogP contribution in [0.2, 0.25) is 5.02 Å². The molecule has 2 saturated heterocycles. The van der Waals surface area contributed by atoms with Crippen LogP contribution in [-0.2, 0) is 4.79 Å². The van der Waals surface area contributed by atoms with Crippen molar-refractivity contribution < 1.29 is 9.59 Å². The van der Waals surface area contributed by atoms with Crippen LogP contribution in [0.15, 0.2) is 18.2 Å². The van der Waals surface area contributed by atoms with Gasteiger partial charge in [0, 0.05) is 29.5 Å². The monoisotopic (exact) mass is 310 g/mol. The summed E-state index contributed by atoms with van der Waals surface area (Å²) in [7, 11) is 0. The number of benzene rings is 1. The highest BCUT2D eigenvalue weighted by Crippen LogP contribution is 2.30. The van der Waals surface area contributed by atoms with Crippen LogP contribution in [0.5, 0.6) is 0 Å². The average molecular weight is 311 g/mol. The zero-order chi connectivity index (χ0) is 14.3. The van der Waals surface area contributed by atoms with E-state index in [2.05, 4.69) is 0 Å². The van der Waals surface area contributed by atoms with E-state index in [1.165, 1.54) is 4.90 Å². The molecule has 6 heteroatoms. The van der Waals surface area contributed by atoms with Crippen molar-refractivity contribution in [3.63, 3.8) is 0 Å². The van der Waals surface area contributed by atoms with Gasteiger partial charge in [0.05, 0.1) is 11.7 Å². The molecule has 1 atom stereocenters. The maximum Gasteiger partial charge on any atom is 0.331 e. The van der Waals surface area contributed by atoms with Gasteiger partial charge in [-0.25, -0.2) is 9.69 Å². The number of carbonyl (C=O) groups excluding carboxylic acids is 2. The minimum absolute atomic E-state index is 0.0471. The Hall–Kier alpha value is -1.20. The van der Waals surface area contributed by atoms with E-state index in [1.54, 1.807) is 23.9 Å². The van der Waals surface area contributed by atoms with Gasteiger partial charge in [-0.1, -0.05) is 17.7 Å². The van der Waals surface area contributed by atoms with Crippen molar-refractivity contribution in [2.45, 2.75) is 19.4 Å². The van der Waals surface area contributed by atoms with E-state index in [0.717, 1.165) is 17.1 Å². The highest BCUT2D eigenvalue weighted by Gasteiger charge is 2.40. The normalized spacial score (nSPS) is 23.0. The van der Waals surface area contributed by atoms with E-state index in [1.807, 2.05) is 17.9 Å². The summed E-state index contributed by atoms with van der Waals surface area (Å²) in [5.41, 5.74) is 1.49. The number of imide groups is 1. The average Bonchev–Trinajstić information content (AvgIpc) is 2.43. The lowest BCUT2D eigenvalue weighted by Crippen LogP contribution is -2.59. The number of amides is 3. The van der Waals surface area contributed by atoms with E-state index < -0.39 is 0 Å². The van der Waals surface area contributed by atoms with Crippen molar-refractivity contribution in [1.82, 2.24) is 4.90 Å². The summed E-state index contributed by atoms with van der Waals surface area (Å²) >= 11 is 7.90. The van der Waals surface area contributed by atoms with Crippen LogP contribution in [0.1, 0.15) is 12.0 Å². The Morgan fingerprint density at radius 3 is 2.90 bits per heavy atom. The molecule has 0 N–H and O–H groups in total. The predicted octanol–water partition coefficient (Wildman–Crippen LogP) is 2.92. The van der Waals surface area contributed by atoms with Gasteiger partial charge >= 0.3 is 6.03 Å². The number of hydrogen-bond donors (Lipinski definition) is 0. The highest BCUT2D eigenvalue weighted by atomic mass is 35.5. The maximum atomic E-state index is 12.5. The van der Waals surface area contributed by atoms with Crippen molar-refractivity contribution in [2.24, 2.45) is 0 Å². The molecule has 106 valence electrons. The van der Waals surface area contributed by atoms with Crippen LogP contribution >= 0.6 is 23.4 Å². The van der Waals surface area contributed by atoms with Gasteiger partial charge in [0.15, 0.2) is 0 Å². The summed E-state index contributed by atoms with van der Waals surface area (Å²) in [5.74, 6) is 1.64. The Labute approximate surface area is 127 Å². The Morgan fingerprint density at radius 1 is 1.35 bits per heavy atom. The maximum absolute atomic E-state index is 12.5. The zero-order valence-electron chi connectivity index (χ0n) is 11.1. The van der Waals surface area contributed by atoms with Crippen LogP contribution in [0, 0.1) is 6.92 Å². The molecule has 20 heavy (non-hydrogen) atoms. The van der Waals surface area contributed by atoms with Gasteiger partial charge in [-0.15, -0.1) is 0 Å². The molecule has 4 nitrogen and oxygen atoms in total. The molecular formula is C14H15ClN2O2S. The second-order valence-corrected chi connectivity index (χ2v) is 6.63. The number of fused-ring (bicyclic) bond motifs is 1. The Bertz CT molecular complexity index is 578. The molecule has 0 bridgehead atoms. The quantitative estimate of drug-likeness (QED) is 0.801. The van der Waals surface area contributed by atoms with E-state index in [-0.39, 0.29) is 18.0 Å². The fraction of sp³-hybridized carbons (Fsp3) is 0.429. The van der Waals surface area contributed by atoms with Crippen LogP contribution in [-0.4, -0.2) is 40.9 Å². The van der Waals surface area contributed by atoms with Crippen molar-refractivity contribution in [3.8, 4) is 0 Å². The van der Waals surface area contributed by atoms with Crippen LogP contribution < -0.4 is 4.90 Å². The lowest BCUT2D eigenvalue weighted by atomic mass is 10.1. The second kappa shape index (κ2) is 5.30. The first kappa shape index (κ1) is 13.8. The SMILES string of the molecule is Cc1ccc(N2C(=O)CC3CSCCN3C2=O)cc1Cl. The Balaban J connectivity index is 1.93. The number of nitrogens with zero attached hydrogens (tertiary/aromatic N) is 2. The van der Waals surface area contributed by atoms with Crippen molar-refractivity contribution in [3.05, 3.63) is 28.8 Å². The van der Waals surface area contributed by atoms with Crippen molar-refractivity contribution in [1.29, 1.82) is 0 Å². The van der Waals surface area contributed by atoms with Gasteiger partial charge in [0.2, 0.25) is 5.91 Å². The fourth-order valence-electron chi connectivity index (χ4n) is 2.58. The molecular weight excluding hydrogens is 296 g/mol. The van der Waals surface area contributed by atoms with Gasteiger partial charge in [0.25, 0.3) is 0 Å². The predicted molar refractivity (Wildman–Crippen MR) is 81.5 cm³/mol. The summed E-state index contributed by atoms with van der Waals surface area (Å²) in [6.45, 7) is 2.60. The molecule has 0 spiro atoms. The first-order valence-corrected chi connectivity index (χ1v) is 8.08. The Morgan fingerprint density at radius 2 is 2.15 bits per heavy atom. The molecule has 2 aliphatic rings. The van der Waals surface area contributed by atoms with Crippen molar-refractivity contribution in [2.75, 3.05) is 23.0 Å². The Kier molecular flexibility index (Phi) is 3.65. The number of halogens is 1. The van der Waals surface area contributed by atoms with Gasteiger partial charge in [-0.05, 0) is 24.6 Å². The van der Waals surface area contributed by atoms with Crippen LogP contribution in [0.4, 0.5) is 10.5 Å². The van der Waals surface area contributed by atoms with Crippen LogP contribution in [0.25, 0.3) is 0 Å². The molecule has 1 aromatic rings. The third-order valence-electron chi connectivity index (χ3n) is 3.74. The summed E-state index contributed by atoms with van der Waals surface area (Å²) in [4.78, 5) is 27.9. The molecule has 2 heterocycles. The third-order valence-corrected chi connectivity index (χ3v) is 5.24. The van der Waals surface area contributed by atoms with Crippen molar-refractivity contribution >= 4 is 41.0 Å². The largest absolute Gasteiger partial charge is 0.331 e. The van der Waals surface area contributed by atoms with E-state index >= 15 is 0 Å². The molecule has 1 unspecified atom stereocenters. The second-order valence-electron chi connectivity index (χ2n) is 5.07. The lowest BCUT2D eigenvalue weighted by molar-refractivity contribution is -0.120. The van der Waals surface area contributed by atoms with E-state index in [4.69, 9.17) is 11.6 Å². The molecule has 3 amide bonds. The first-order chi connectivity index (χ1) is 9.58. The molecule has 1 aromatic carbocycles. The standard InChI is InChI=1S/C14H15ClN2O2S/c1-9-2-3-10(6-12(9)15)17-13(18)7-11-8-20-5-4-16(11)14(17)19/h2-3,6,11H,4-5,7-8H2,1H3. The summed E-state index contributed by atoms with van der Waals surface area (Å²) in [5, 5.41) is 0.569. The summed E-state index contributed by atoms with van der Waals surface area (Å²) < 4.78 is 0. The minimum atomic E-state index is -0.216. The first-order valence-electron chi connectivity index (χ1n) is 6.55. The molecule has 0 radical (unpaired) electrons. The molecule has 0 saturated carbocycles.